The number of para-hydroxylation sites is 2. The molecule has 0 saturated carbocycles. The van der Waals surface area contributed by atoms with Crippen LogP contribution in [0.1, 0.15) is 40.5 Å². The summed E-state index contributed by atoms with van der Waals surface area (Å²) < 4.78 is 11.7. The molecule has 1 fully saturated rings. The Kier molecular flexibility index (Phi) is 4.99. The van der Waals surface area contributed by atoms with Crippen LogP contribution >= 0.6 is 0 Å². The Morgan fingerprint density at radius 1 is 1.07 bits per heavy atom. The molecule has 5 rings (SSSR count). The maximum absolute atomic E-state index is 12.8. The Morgan fingerprint density at radius 2 is 1.93 bits per heavy atom. The van der Waals surface area contributed by atoms with Crippen LogP contribution in [0.15, 0.2) is 66.9 Å². The van der Waals surface area contributed by atoms with Gasteiger partial charge in [-0.3, -0.25) is 4.79 Å². The summed E-state index contributed by atoms with van der Waals surface area (Å²) in [6.07, 6.45) is 3.83. The average molecular weight is 399 g/mol. The summed E-state index contributed by atoms with van der Waals surface area (Å²) in [7, 11) is 0. The van der Waals surface area contributed by atoms with Crippen molar-refractivity contribution in [2.45, 2.75) is 18.8 Å². The number of hydrogen-bond donors (Lipinski definition) is 1. The predicted molar refractivity (Wildman–Crippen MR) is 113 cm³/mol. The molecule has 0 aliphatic carbocycles. The van der Waals surface area contributed by atoms with Gasteiger partial charge in [0.25, 0.3) is 0 Å². The third kappa shape index (κ3) is 3.69. The molecule has 6 nitrogen and oxygen atoms in total. The largest absolute Gasteiger partial charge is 0.439 e. The summed E-state index contributed by atoms with van der Waals surface area (Å²) in [6.45, 7) is 1.50. The molecule has 2 aromatic carbocycles. The fourth-order valence-electron chi connectivity index (χ4n) is 3.77. The zero-order valence-electron chi connectivity index (χ0n) is 16.4. The number of hydrogen-bond acceptors (Lipinski definition) is 5. The van der Waals surface area contributed by atoms with Crippen LogP contribution in [0.3, 0.4) is 0 Å². The van der Waals surface area contributed by atoms with Crippen molar-refractivity contribution in [3.63, 3.8) is 0 Å². The van der Waals surface area contributed by atoms with Crippen LogP contribution in [0.5, 0.6) is 11.6 Å². The van der Waals surface area contributed by atoms with Crippen molar-refractivity contribution < 1.29 is 14.3 Å². The number of benzene rings is 2. The van der Waals surface area contributed by atoms with Gasteiger partial charge < -0.3 is 14.5 Å². The summed E-state index contributed by atoms with van der Waals surface area (Å²) in [4.78, 5) is 24.7. The molecule has 0 bridgehead atoms. The lowest BCUT2D eigenvalue weighted by Crippen LogP contribution is -2.16. The van der Waals surface area contributed by atoms with Crippen LogP contribution in [0.4, 0.5) is 0 Å². The van der Waals surface area contributed by atoms with E-state index in [2.05, 4.69) is 15.0 Å². The highest BCUT2D eigenvalue weighted by molar-refractivity contribution is 6.08. The van der Waals surface area contributed by atoms with Gasteiger partial charge >= 0.3 is 0 Å². The topological polar surface area (TPSA) is 77.1 Å². The van der Waals surface area contributed by atoms with Crippen LogP contribution < -0.4 is 4.74 Å². The summed E-state index contributed by atoms with van der Waals surface area (Å²) >= 11 is 0. The van der Waals surface area contributed by atoms with E-state index in [9.17, 15) is 4.79 Å². The first kappa shape index (κ1) is 18.5. The maximum Gasteiger partial charge on any atom is 0.228 e. The highest BCUT2D eigenvalue weighted by Crippen LogP contribution is 2.33. The van der Waals surface area contributed by atoms with Crippen LogP contribution in [0.25, 0.3) is 11.0 Å². The monoisotopic (exact) mass is 399 g/mol. The summed E-state index contributed by atoms with van der Waals surface area (Å²) in [5.41, 5.74) is 3.22. The molecule has 0 radical (unpaired) electrons. The lowest BCUT2D eigenvalue weighted by molar-refractivity contribution is 0.0797. The first-order chi connectivity index (χ1) is 14.8. The van der Waals surface area contributed by atoms with Gasteiger partial charge in [-0.2, -0.15) is 0 Å². The first-order valence-electron chi connectivity index (χ1n) is 10.1. The molecule has 4 aromatic rings. The normalized spacial score (nSPS) is 16.5. The molecule has 2 aromatic heterocycles. The second-order valence-corrected chi connectivity index (χ2v) is 7.37. The van der Waals surface area contributed by atoms with E-state index < -0.39 is 0 Å². The van der Waals surface area contributed by atoms with E-state index in [0.717, 1.165) is 36.0 Å². The molecular formula is C24H21N3O3. The van der Waals surface area contributed by atoms with E-state index >= 15 is 0 Å². The third-order valence-corrected chi connectivity index (χ3v) is 5.34. The van der Waals surface area contributed by atoms with Crippen LogP contribution in [0.2, 0.25) is 0 Å². The number of aromatic nitrogens is 3. The standard InChI is InChI=1S/C24H21N3O3/c28-22(23-26-20-7-1-2-8-21(20)27-23)16-9-11-18(12-10-16)30-24-19(6-3-13-25-24)17-5-4-14-29-15-17/h1-3,6-13,17H,4-5,14-15H2,(H,26,27)/t17-/m1/s1. The minimum absolute atomic E-state index is 0.157. The molecule has 3 heterocycles. The third-order valence-electron chi connectivity index (χ3n) is 5.34. The minimum Gasteiger partial charge on any atom is -0.439 e. The molecule has 0 amide bonds. The van der Waals surface area contributed by atoms with Gasteiger partial charge in [0.2, 0.25) is 11.7 Å². The number of ketones is 1. The molecule has 6 heteroatoms. The van der Waals surface area contributed by atoms with Crippen LogP contribution in [-0.4, -0.2) is 33.9 Å². The summed E-state index contributed by atoms with van der Waals surface area (Å²) in [5.74, 6) is 1.68. The fourth-order valence-corrected chi connectivity index (χ4v) is 3.77. The van der Waals surface area contributed by atoms with E-state index in [4.69, 9.17) is 9.47 Å². The number of fused-ring (bicyclic) bond motifs is 1. The fraction of sp³-hybridized carbons (Fsp3) is 0.208. The zero-order chi connectivity index (χ0) is 20.3. The highest BCUT2D eigenvalue weighted by Gasteiger charge is 2.21. The summed E-state index contributed by atoms with van der Waals surface area (Å²) in [5, 5.41) is 0. The van der Waals surface area contributed by atoms with Crippen molar-refractivity contribution in [2.24, 2.45) is 0 Å². The van der Waals surface area contributed by atoms with Crippen LogP contribution in [0, 0.1) is 0 Å². The SMILES string of the molecule is O=C(c1ccc(Oc2ncccc2[C@@H]2CCCOC2)cc1)c1nc2ccccc2[nH]1. The molecule has 0 unspecified atom stereocenters. The van der Waals surface area contributed by atoms with Gasteiger partial charge in [-0.05, 0) is 55.3 Å². The molecule has 0 spiro atoms. The van der Waals surface area contributed by atoms with Crippen molar-refractivity contribution in [2.75, 3.05) is 13.2 Å². The van der Waals surface area contributed by atoms with Crippen molar-refractivity contribution in [1.82, 2.24) is 15.0 Å². The van der Waals surface area contributed by atoms with Crippen LogP contribution in [-0.2, 0) is 4.74 Å². The molecule has 1 atom stereocenters. The highest BCUT2D eigenvalue weighted by atomic mass is 16.5. The van der Waals surface area contributed by atoms with Gasteiger partial charge in [0, 0.05) is 29.8 Å². The number of nitrogens with zero attached hydrogens (tertiary/aromatic N) is 2. The van der Waals surface area contributed by atoms with Crippen molar-refractivity contribution in [3.8, 4) is 11.6 Å². The molecular weight excluding hydrogens is 378 g/mol. The molecule has 150 valence electrons. The number of nitrogens with one attached hydrogen (secondary N) is 1. The predicted octanol–water partition coefficient (Wildman–Crippen LogP) is 4.88. The number of imidazole rings is 1. The average Bonchev–Trinajstić information content (AvgIpc) is 3.24. The Labute approximate surface area is 173 Å². The first-order valence-corrected chi connectivity index (χ1v) is 10.1. The Morgan fingerprint density at radius 3 is 2.73 bits per heavy atom. The van der Waals surface area contributed by atoms with E-state index in [1.54, 1.807) is 30.5 Å². The lowest BCUT2D eigenvalue weighted by atomic mass is 9.94. The molecule has 1 saturated heterocycles. The molecule has 1 N–H and O–H groups in total. The number of carbonyl (C=O) groups excluding carboxylic acids is 1. The Bertz CT molecular complexity index is 1140. The second kappa shape index (κ2) is 8.08. The van der Waals surface area contributed by atoms with Crippen molar-refractivity contribution in [3.05, 3.63) is 83.8 Å². The van der Waals surface area contributed by atoms with Gasteiger partial charge in [0.1, 0.15) is 5.75 Å². The van der Waals surface area contributed by atoms with Gasteiger partial charge in [-0.15, -0.1) is 0 Å². The zero-order valence-corrected chi connectivity index (χ0v) is 16.4. The maximum atomic E-state index is 12.8. The number of aromatic amines is 1. The van der Waals surface area contributed by atoms with Gasteiger partial charge in [-0.1, -0.05) is 18.2 Å². The quantitative estimate of drug-likeness (QED) is 0.484. The Hall–Kier alpha value is -3.51. The molecule has 1 aliphatic rings. The number of ether oxygens (including phenoxy) is 2. The Balaban J connectivity index is 1.35. The molecule has 30 heavy (non-hydrogen) atoms. The molecule has 1 aliphatic heterocycles. The van der Waals surface area contributed by atoms with E-state index in [0.29, 0.717) is 29.6 Å². The number of H-pyrrole nitrogens is 1. The van der Waals surface area contributed by atoms with Gasteiger partial charge in [0.15, 0.2) is 5.82 Å². The second-order valence-electron chi connectivity index (χ2n) is 7.37. The van der Waals surface area contributed by atoms with E-state index in [-0.39, 0.29) is 11.7 Å². The number of rotatable bonds is 5. The number of pyridine rings is 1. The van der Waals surface area contributed by atoms with E-state index in [1.165, 1.54) is 0 Å². The van der Waals surface area contributed by atoms with Gasteiger partial charge in [-0.25, -0.2) is 9.97 Å². The lowest BCUT2D eigenvalue weighted by Gasteiger charge is -2.23. The minimum atomic E-state index is -0.157. The number of carbonyl (C=O) groups is 1. The summed E-state index contributed by atoms with van der Waals surface area (Å²) in [6, 6.07) is 18.6. The van der Waals surface area contributed by atoms with Crippen molar-refractivity contribution in [1.29, 1.82) is 0 Å². The van der Waals surface area contributed by atoms with Crippen molar-refractivity contribution >= 4 is 16.8 Å². The van der Waals surface area contributed by atoms with Gasteiger partial charge in [0.05, 0.1) is 17.6 Å². The van der Waals surface area contributed by atoms with E-state index in [1.807, 2.05) is 36.4 Å². The smallest absolute Gasteiger partial charge is 0.228 e.